The van der Waals surface area contributed by atoms with Crippen LogP contribution in [-0.4, -0.2) is 19.0 Å². The molecule has 3 nitrogen and oxygen atoms in total. The summed E-state index contributed by atoms with van der Waals surface area (Å²) in [5.41, 5.74) is 6.08. The first-order valence-electron chi connectivity index (χ1n) is 8.50. The standard InChI is InChI=1S/C17H32N2O/c1-14(2)11-17(9-5-6-10-17)15(20)19-13-16(12-18)7-3-4-8-16/h14H,3-13,18H2,1-2H3,(H,19,20). The normalized spacial score (nSPS) is 24.2. The van der Waals surface area contributed by atoms with Crippen LogP contribution in [-0.2, 0) is 4.79 Å². The molecule has 0 atom stereocenters. The van der Waals surface area contributed by atoms with E-state index in [1.807, 2.05) is 0 Å². The van der Waals surface area contributed by atoms with E-state index >= 15 is 0 Å². The molecule has 2 saturated carbocycles. The van der Waals surface area contributed by atoms with Gasteiger partial charge in [-0.2, -0.15) is 0 Å². The Morgan fingerprint density at radius 1 is 1.10 bits per heavy atom. The molecule has 2 aliphatic carbocycles. The van der Waals surface area contributed by atoms with Gasteiger partial charge < -0.3 is 11.1 Å². The topological polar surface area (TPSA) is 55.1 Å². The molecule has 2 fully saturated rings. The number of hydrogen-bond donors (Lipinski definition) is 2. The molecule has 1 amide bonds. The maximum absolute atomic E-state index is 12.8. The fourth-order valence-corrected chi connectivity index (χ4v) is 4.39. The van der Waals surface area contributed by atoms with Gasteiger partial charge in [-0.25, -0.2) is 0 Å². The van der Waals surface area contributed by atoms with E-state index in [1.165, 1.54) is 38.5 Å². The van der Waals surface area contributed by atoms with Crippen molar-refractivity contribution in [3.63, 3.8) is 0 Å². The quantitative estimate of drug-likeness (QED) is 0.785. The van der Waals surface area contributed by atoms with E-state index in [0.717, 1.165) is 25.8 Å². The molecule has 0 aliphatic heterocycles. The van der Waals surface area contributed by atoms with Gasteiger partial charge in [0, 0.05) is 12.0 Å². The van der Waals surface area contributed by atoms with Gasteiger partial charge in [0.05, 0.1) is 0 Å². The number of hydrogen-bond acceptors (Lipinski definition) is 2. The Hall–Kier alpha value is -0.570. The highest BCUT2D eigenvalue weighted by Crippen LogP contribution is 2.44. The van der Waals surface area contributed by atoms with Crippen LogP contribution in [0.15, 0.2) is 0 Å². The van der Waals surface area contributed by atoms with Crippen LogP contribution < -0.4 is 11.1 Å². The molecule has 0 aromatic carbocycles. The summed E-state index contributed by atoms with van der Waals surface area (Å²) in [5.74, 6) is 0.900. The summed E-state index contributed by atoms with van der Waals surface area (Å²) in [6.45, 7) is 5.96. The summed E-state index contributed by atoms with van der Waals surface area (Å²) in [4.78, 5) is 12.8. The third-order valence-electron chi connectivity index (χ3n) is 5.56. The third-order valence-corrected chi connectivity index (χ3v) is 5.56. The Kier molecular flexibility index (Phi) is 5.11. The van der Waals surface area contributed by atoms with E-state index in [9.17, 15) is 4.79 Å². The molecule has 0 aromatic rings. The zero-order valence-electron chi connectivity index (χ0n) is 13.3. The average molecular weight is 280 g/mol. The lowest BCUT2D eigenvalue weighted by atomic mass is 9.77. The third kappa shape index (κ3) is 3.36. The number of amides is 1. The summed E-state index contributed by atoms with van der Waals surface area (Å²) in [6, 6.07) is 0. The molecule has 0 bridgehead atoms. The second-order valence-corrected chi connectivity index (χ2v) is 7.68. The van der Waals surface area contributed by atoms with Crippen LogP contribution in [0.1, 0.15) is 71.6 Å². The predicted molar refractivity (Wildman–Crippen MR) is 83.3 cm³/mol. The molecule has 2 rings (SSSR count). The number of carbonyl (C=O) groups is 1. The second-order valence-electron chi connectivity index (χ2n) is 7.68. The van der Waals surface area contributed by atoms with Crippen LogP contribution in [0.2, 0.25) is 0 Å². The van der Waals surface area contributed by atoms with Gasteiger partial charge in [-0.1, -0.05) is 39.5 Å². The molecule has 3 heteroatoms. The monoisotopic (exact) mass is 280 g/mol. The number of nitrogens with one attached hydrogen (secondary N) is 1. The van der Waals surface area contributed by atoms with Crippen molar-refractivity contribution in [2.24, 2.45) is 22.5 Å². The molecule has 3 N–H and O–H groups in total. The SMILES string of the molecule is CC(C)CC1(C(=O)NCC2(CN)CCCC2)CCCC1. The molecular weight excluding hydrogens is 248 g/mol. The van der Waals surface area contributed by atoms with Gasteiger partial charge in [0.2, 0.25) is 5.91 Å². The Morgan fingerprint density at radius 3 is 2.15 bits per heavy atom. The molecule has 2 aliphatic rings. The van der Waals surface area contributed by atoms with E-state index in [1.54, 1.807) is 0 Å². The zero-order chi connectivity index (χ0) is 14.6. The van der Waals surface area contributed by atoms with E-state index in [0.29, 0.717) is 18.4 Å². The van der Waals surface area contributed by atoms with Gasteiger partial charge in [-0.15, -0.1) is 0 Å². The van der Waals surface area contributed by atoms with Crippen molar-refractivity contribution >= 4 is 5.91 Å². The lowest BCUT2D eigenvalue weighted by Crippen LogP contribution is -2.46. The maximum atomic E-state index is 12.8. The fourth-order valence-electron chi connectivity index (χ4n) is 4.39. The first-order valence-corrected chi connectivity index (χ1v) is 8.50. The van der Waals surface area contributed by atoms with Crippen molar-refractivity contribution in [3.8, 4) is 0 Å². The molecule has 0 spiro atoms. The lowest BCUT2D eigenvalue weighted by molar-refractivity contribution is -0.132. The molecule has 0 radical (unpaired) electrons. The van der Waals surface area contributed by atoms with Crippen LogP contribution >= 0.6 is 0 Å². The molecule has 0 unspecified atom stereocenters. The smallest absolute Gasteiger partial charge is 0.226 e. The number of rotatable bonds is 6. The van der Waals surface area contributed by atoms with Crippen LogP contribution in [0.3, 0.4) is 0 Å². The fraction of sp³-hybridized carbons (Fsp3) is 0.941. The van der Waals surface area contributed by atoms with E-state index in [-0.39, 0.29) is 10.8 Å². The van der Waals surface area contributed by atoms with Gasteiger partial charge in [0.1, 0.15) is 0 Å². The minimum absolute atomic E-state index is 0.0808. The average Bonchev–Trinajstić information content (AvgIpc) is 3.06. The van der Waals surface area contributed by atoms with Crippen molar-refractivity contribution in [2.45, 2.75) is 71.6 Å². The summed E-state index contributed by atoms with van der Waals surface area (Å²) >= 11 is 0. The van der Waals surface area contributed by atoms with Gasteiger partial charge in [0.15, 0.2) is 0 Å². The molecular formula is C17H32N2O. The van der Waals surface area contributed by atoms with Crippen molar-refractivity contribution < 1.29 is 4.79 Å². The van der Waals surface area contributed by atoms with E-state index in [2.05, 4.69) is 19.2 Å². The number of nitrogens with two attached hydrogens (primary N) is 1. The van der Waals surface area contributed by atoms with Gasteiger partial charge in [0.25, 0.3) is 0 Å². The zero-order valence-corrected chi connectivity index (χ0v) is 13.3. The predicted octanol–water partition coefficient (Wildman–Crippen LogP) is 3.23. The molecule has 0 aromatic heterocycles. The van der Waals surface area contributed by atoms with Crippen LogP contribution in [0, 0.1) is 16.7 Å². The Bertz CT molecular complexity index is 326. The highest BCUT2D eigenvalue weighted by atomic mass is 16.2. The first-order chi connectivity index (χ1) is 9.52. The van der Waals surface area contributed by atoms with Crippen molar-refractivity contribution in [1.29, 1.82) is 0 Å². The van der Waals surface area contributed by atoms with Crippen molar-refractivity contribution in [2.75, 3.05) is 13.1 Å². The van der Waals surface area contributed by atoms with E-state index in [4.69, 9.17) is 5.73 Å². The summed E-state index contributed by atoms with van der Waals surface area (Å²) in [6.07, 6.45) is 10.5. The van der Waals surface area contributed by atoms with Crippen molar-refractivity contribution in [3.05, 3.63) is 0 Å². The van der Waals surface area contributed by atoms with Crippen LogP contribution in [0.25, 0.3) is 0 Å². The molecule has 0 saturated heterocycles. The van der Waals surface area contributed by atoms with Crippen molar-refractivity contribution in [1.82, 2.24) is 5.32 Å². The lowest BCUT2D eigenvalue weighted by Gasteiger charge is -2.33. The first kappa shape index (κ1) is 15.8. The minimum Gasteiger partial charge on any atom is -0.355 e. The second kappa shape index (κ2) is 6.46. The molecule has 116 valence electrons. The molecule has 0 heterocycles. The van der Waals surface area contributed by atoms with E-state index < -0.39 is 0 Å². The summed E-state index contributed by atoms with van der Waals surface area (Å²) in [7, 11) is 0. The Labute approximate surface area is 124 Å². The summed E-state index contributed by atoms with van der Waals surface area (Å²) < 4.78 is 0. The van der Waals surface area contributed by atoms with Gasteiger partial charge in [-0.3, -0.25) is 4.79 Å². The van der Waals surface area contributed by atoms with Crippen LogP contribution in [0.4, 0.5) is 0 Å². The summed E-state index contributed by atoms with van der Waals surface area (Å²) in [5, 5.41) is 3.29. The largest absolute Gasteiger partial charge is 0.355 e. The number of carbonyl (C=O) groups excluding carboxylic acids is 1. The molecule has 20 heavy (non-hydrogen) atoms. The highest BCUT2D eigenvalue weighted by Gasteiger charge is 2.42. The maximum Gasteiger partial charge on any atom is 0.226 e. The highest BCUT2D eigenvalue weighted by molar-refractivity contribution is 5.83. The Morgan fingerprint density at radius 2 is 1.65 bits per heavy atom. The Balaban J connectivity index is 1.95. The van der Waals surface area contributed by atoms with Crippen LogP contribution in [0.5, 0.6) is 0 Å². The van der Waals surface area contributed by atoms with Gasteiger partial charge >= 0.3 is 0 Å². The minimum atomic E-state index is -0.0808. The van der Waals surface area contributed by atoms with Gasteiger partial charge in [-0.05, 0) is 50.0 Å².